The Bertz CT molecular complexity index is 582. The standard InChI is InChI=1S/C8H7BrN4O2/c9-5-2-1-4(3-6(5)10)13-7(14)11-12-8(13)15/h1-3H,10H2,(H,11,14)(H,12,15). The number of benzene rings is 1. The van der Waals surface area contributed by atoms with E-state index in [1.165, 1.54) is 6.07 Å². The van der Waals surface area contributed by atoms with Gasteiger partial charge in [-0.15, -0.1) is 0 Å². The average Bonchev–Trinajstić information content (AvgIpc) is 2.52. The maximum Gasteiger partial charge on any atom is 0.348 e. The number of nitrogen functional groups attached to an aromatic ring is 1. The van der Waals surface area contributed by atoms with Gasteiger partial charge in [0.15, 0.2) is 0 Å². The summed E-state index contributed by atoms with van der Waals surface area (Å²) < 4.78 is 1.68. The van der Waals surface area contributed by atoms with Crippen molar-refractivity contribution in [1.82, 2.24) is 14.8 Å². The molecule has 0 fully saturated rings. The predicted octanol–water partition coefficient (Wildman–Crippen LogP) is 0.199. The second-order valence-electron chi connectivity index (χ2n) is 2.90. The quantitative estimate of drug-likeness (QED) is 0.646. The Labute approximate surface area is 91.8 Å². The second kappa shape index (κ2) is 3.43. The number of rotatable bonds is 1. The molecule has 0 radical (unpaired) electrons. The van der Waals surface area contributed by atoms with Crippen molar-refractivity contribution in [2.24, 2.45) is 0 Å². The van der Waals surface area contributed by atoms with Gasteiger partial charge in [-0.3, -0.25) is 0 Å². The van der Waals surface area contributed by atoms with Crippen LogP contribution >= 0.6 is 15.9 Å². The maximum atomic E-state index is 11.3. The van der Waals surface area contributed by atoms with Crippen LogP contribution in [-0.2, 0) is 0 Å². The molecule has 1 aromatic heterocycles. The smallest absolute Gasteiger partial charge is 0.348 e. The van der Waals surface area contributed by atoms with E-state index in [-0.39, 0.29) is 0 Å². The van der Waals surface area contributed by atoms with Gasteiger partial charge in [0, 0.05) is 10.2 Å². The number of hydrogen-bond donors (Lipinski definition) is 3. The molecule has 4 N–H and O–H groups in total. The summed E-state index contributed by atoms with van der Waals surface area (Å²) in [5.74, 6) is 0. The first-order valence-corrected chi connectivity index (χ1v) is 4.84. The second-order valence-corrected chi connectivity index (χ2v) is 3.76. The largest absolute Gasteiger partial charge is 0.398 e. The molecule has 7 heteroatoms. The third kappa shape index (κ3) is 1.61. The van der Waals surface area contributed by atoms with Gasteiger partial charge in [0.1, 0.15) is 0 Å². The average molecular weight is 271 g/mol. The lowest BCUT2D eigenvalue weighted by Crippen LogP contribution is -2.24. The van der Waals surface area contributed by atoms with E-state index in [2.05, 4.69) is 26.1 Å². The summed E-state index contributed by atoms with van der Waals surface area (Å²) in [6.07, 6.45) is 0. The van der Waals surface area contributed by atoms with Gasteiger partial charge in [-0.2, -0.15) is 0 Å². The highest BCUT2D eigenvalue weighted by Crippen LogP contribution is 2.20. The van der Waals surface area contributed by atoms with E-state index in [9.17, 15) is 9.59 Å². The van der Waals surface area contributed by atoms with Gasteiger partial charge in [0.25, 0.3) is 0 Å². The lowest BCUT2D eigenvalue weighted by Gasteiger charge is -2.02. The topological polar surface area (TPSA) is 96.7 Å². The van der Waals surface area contributed by atoms with Crippen molar-refractivity contribution in [3.63, 3.8) is 0 Å². The van der Waals surface area contributed by atoms with Crippen LogP contribution in [0.15, 0.2) is 32.3 Å². The van der Waals surface area contributed by atoms with E-state index in [0.29, 0.717) is 15.8 Å². The molecule has 2 aromatic rings. The minimum atomic E-state index is -0.526. The van der Waals surface area contributed by atoms with E-state index < -0.39 is 11.4 Å². The number of aromatic amines is 2. The lowest BCUT2D eigenvalue weighted by atomic mass is 10.3. The first kappa shape index (κ1) is 9.78. The van der Waals surface area contributed by atoms with Gasteiger partial charge in [0.2, 0.25) is 0 Å². The van der Waals surface area contributed by atoms with Gasteiger partial charge < -0.3 is 5.73 Å². The molecule has 0 saturated heterocycles. The molecule has 0 saturated carbocycles. The Balaban J connectivity index is 2.70. The summed E-state index contributed by atoms with van der Waals surface area (Å²) in [6, 6.07) is 4.82. The van der Waals surface area contributed by atoms with Crippen LogP contribution in [-0.4, -0.2) is 14.8 Å². The molecule has 6 nitrogen and oxygen atoms in total. The van der Waals surface area contributed by atoms with Gasteiger partial charge in [-0.05, 0) is 34.1 Å². The monoisotopic (exact) mass is 270 g/mol. The van der Waals surface area contributed by atoms with Crippen molar-refractivity contribution >= 4 is 21.6 Å². The van der Waals surface area contributed by atoms with Gasteiger partial charge in [-0.1, -0.05) is 0 Å². The number of nitrogens with two attached hydrogens (primary N) is 1. The molecule has 0 bridgehead atoms. The molecule has 0 aliphatic rings. The molecule has 1 heterocycles. The number of halogens is 1. The van der Waals surface area contributed by atoms with Crippen molar-refractivity contribution in [3.05, 3.63) is 43.6 Å². The fourth-order valence-electron chi connectivity index (χ4n) is 1.22. The third-order valence-electron chi connectivity index (χ3n) is 1.92. The normalized spacial score (nSPS) is 10.5. The highest BCUT2D eigenvalue weighted by atomic mass is 79.9. The van der Waals surface area contributed by atoms with Gasteiger partial charge in [0.05, 0.1) is 5.69 Å². The van der Waals surface area contributed by atoms with Crippen LogP contribution in [0.2, 0.25) is 0 Å². The number of aromatic nitrogens is 3. The number of nitrogens with zero attached hydrogens (tertiary/aromatic N) is 1. The Hall–Kier alpha value is -1.76. The summed E-state index contributed by atoms with van der Waals surface area (Å²) in [5.41, 5.74) is 5.47. The summed E-state index contributed by atoms with van der Waals surface area (Å²) in [4.78, 5) is 22.5. The molecular weight excluding hydrogens is 264 g/mol. The summed E-state index contributed by atoms with van der Waals surface area (Å²) >= 11 is 3.22. The molecule has 0 amide bonds. The summed E-state index contributed by atoms with van der Waals surface area (Å²) in [6.45, 7) is 0. The fourth-order valence-corrected chi connectivity index (χ4v) is 1.46. The van der Waals surface area contributed by atoms with Crippen molar-refractivity contribution in [2.75, 3.05) is 5.73 Å². The number of anilines is 1. The zero-order valence-corrected chi connectivity index (χ0v) is 9.04. The molecule has 15 heavy (non-hydrogen) atoms. The Morgan fingerprint density at radius 2 is 1.80 bits per heavy atom. The van der Waals surface area contributed by atoms with Crippen molar-refractivity contribution < 1.29 is 0 Å². The van der Waals surface area contributed by atoms with E-state index in [4.69, 9.17) is 5.73 Å². The van der Waals surface area contributed by atoms with Crippen molar-refractivity contribution in [1.29, 1.82) is 0 Å². The molecule has 1 aromatic carbocycles. The SMILES string of the molecule is Nc1cc(-n2c(=O)[nH][nH]c2=O)ccc1Br. The van der Waals surface area contributed by atoms with E-state index in [0.717, 1.165) is 4.57 Å². The third-order valence-corrected chi connectivity index (χ3v) is 2.64. The maximum absolute atomic E-state index is 11.3. The molecule has 0 aliphatic heterocycles. The molecular formula is C8H7BrN4O2. The fraction of sp³-hybridized carbons (Fsp3) is 0. The van der Waals surface area contributed by atoms with E-state index in [1.807, 2.05) is 0 Å². The first-order chi connectivity index (χ1) is 7.09. The van der Waals surface area contributed by atoms with Crippen LogP contribution in [0.3, 0.4) is 0 Å². The molecule has 2 rings (SSSR count). The number of nitrogens with one attached hydrogen (secondary N) is 2. The zero-order valence-electron chi connectivity index (χ0n) is 7.45. The van der Waals surface area contributed by atoms with Crippen molar-refractivity contribution in [2.45, 2.75) is 0 Å². The van der Waals surface area contributed by atoms with Gasteiger partial charge in [-0.25, -0.2) is 24.4 Å². The first-order valence-electron chi connectivity index (χ1n) is 4.04. The molecule has 0 atom stereocenters. The van der Waals surface area contributed by atoms with E-state index >= 15 is 0 Å². The number of hydrogen-bond acceptors (Lipinski definition) is 3. The van der Waals surface area contributed by atoms with Crippen LogP contribution in [0.5, 0.6) is 0 Å². The predicted molar refractivity (Wildman–Crippen MR) is 59.1 cm³/mol. The molecule has 0 unspecified atom stereocenters. The Kier molecular flexibility index (Phi) is 2.24. The Morgan fingerprint density at radius 3 is 2.33 bits per heavy atom. The number of H-pyrrole nitrogens is 2. The summed E-state index contributed by atoms with van der Waals surface area (Å²) in [5, 5.41) is 4.37. The highest BCUT2D eigenvalue weighted by molar-refractivity contribution is 9.10. The van der Waals surface area contributed by atoms with Crippen LogP contribution in [0, 0.1) is 0 Å². The molecule has 78 valence electrons. The van der Waals surface area contributed by atoms with Crippen molar-refractivity contribution in [3.8, 4) is 5.69 Å². The Morgan fingerprint density at radius 1 is 1.20 bits per heavy atom. The molecule has 0 aliphatic carbocycles. The van der Waals surface area contributed by atoms with Crippen LogP contribution in [0.25, 0.3) is 5.69 Å². The minimum Gasteiger partial charge on any atom is -0.398 e. The zero-order chi connectivity index (χ0) is 11.0. The lowest BCUT2D eigenvalue weighted by molar-refractivity contribution is 0.952. The highest BCUT2D eigenvalue weighted by Gasteiger charge is 2.06. The van der Waals surface area contributed by atoms with Crippen LogP contribution < -0.4 is 17.1 Å². The van der Waals surface area contributed by atoms with Gasteiger partial charge >= 0.3 is 11.4 Å². The van der Waals surface area contributed by atoms with Crippen LogP contribution in [0.1, 0.15) is 0 Å². The summed E-state index contributed by atoms with van der Waals surface area (Å²) in [7, 11) is 0. The minimum absolute atomic E-state index is 0.420. The molecule has 0 spiro atoms. The van der Waals surface area contributed by atoms with E-state index in [1.54, 1.807) is 12.1 Å². The van der Waals surface area contributed by atoms with Crippen LogP contribution in [0.4, 0.5) is 5.69 Å².